The molecule has 2 aliphatic rings. The largest absolute Gasteiger partial charge is 0.497 e. The van der Waals surface area contributed by atoms with Gasteiger partial charge < -0.3 is 14.6 Å². The topological polar surface area (TPSA) is 63.6 Å². The number of rotatable bonds is 4. The van der Waals surface area contributed by atoms with Gasteiger partial charge in [0.1, 0.15) is 17.0 Å². The lowest BCUT2D eigenvalue weighted by atomic mass is 9.84. The van der Waals surface area contributed by atoms with Crippen LogP contribution in [0.3, 0.4) is 0 Å². The molecule has 3 heterocycles. The number of carbonyl (C=O) groups excluding carboxylic acids is 2. The highest BCUT2D eigenvalue weighted by Crippen LogP contribution is 2.38. The second kappa shape index (κ2) is 7.96. The average molecular weight is 452 g/mol. The number of hydrogen-bond acceptors (Lipinski definition) is 4. The molecule has 1 aromatic carbocycles. The molecule has 0 saturated heterocycles. The Morgan fingerprint density at radius 2 is 2.03 bits per heavy atom. The third kappa shape index (κ3) is 3.30. The predicted molar refractivity (Wildman–Crippen MR) is 128 cm³/mol. The van der Waals surface area contributed by atoms with E-state index in [1.165, 1.54) is 6.42 Å². The van der Waals surface area contributed by atoms with E-state index in [2.05, 4.69) is 12.2 Å². The number of fused-ring (bicyclic) bond motifs is 3. The van der Waals surface area contributed by atoms with E-state index < -0.39 is 5.54 Å². The molecule has 3 aromatic rings. The average Bonchev–Trinajstić information content (AvgIpc) is 3.38. The number of hydrogen-bond donors (Lipinski definition) is 1. The zero-order chi connectivity index (χ0) is 22.5. The van der Waals surface area contributed by atoms with E-state index in [1.54, 1.807) is 23.3 Å². The fourth-order valence-corrected chi connectivity index (χ4v) is 6.04. The van der Waals surface area contributed by atoms with E-state index in [1.807, 2.05) is 53.3 Å². The SMILES string of the molecule is COc1cccc(N2C(=O)c3cc4sccc4n3CC2(C)C(=O)NC2CCCCC2C)c1. The molecule has 5 rings (SSSR count). The molecule has 0 bridgehead atoms. The zero-order valence-electron chi connectivity index (χ0n) is 18.8. The van der Waals surface area contributed by atoms with Crippen LogP contribution in [0.2, 0.25) is 0 Å². The van der Waals surface area contributed by atoms with Crippen molar-refractivity contribution in [1.29, 1.82) is 0 Å². The Labute approximate surface area is 192 Å². The quantitative estimate of drug-likeness (QED) is 0.618. The number of aromatic nitrogens is 1. The van der Waals surface area contributed by atoms with Gasteiger partial charge in [-0.3, -0.25) is 14.5 Å². The molecular weight excluding hydrogens is 422 g/mol. The van der Waals surface area contributed by atoms with E-state index in [9.17, 15) is 9.59 Å². The highest BCUT2D eigenvalue weighted by atomic mass is 32.1. The Balaban J connectivity index is 1.60. The Kier molecular flexibility index (Phi) is 5.24. The molecule has 1 saturated carbocycles. The molecule has 7 heteroatoms. The molecule has 1 fully saturated rings. The molecule has 1 aliphatic heterocycles. The monoisotopic (exact) mass is 451 g/mol. The number of nitrogens with zero attached hydrogens (tertiary/aromatic N) is 2. The fourth-order valence-electron chi connectivity index (χ4n) is 5.22. The summed E-state index contributed by atoms with van der Waals surface area (Å²) in [6, 6.07) is 11.5. The number of methoxy groups -OCH3 is 1. The number of nitrogens with one attached hydrogen (secondary N) is 1. The van der Waals surface area contributed by atoms with Gasteiger partial charge in [-0.2, -0.15) is 0 Å². The van der Waals surface area contributed by atoms with Crippen LogP contribution in [0.25, 0.3) is 10.2 Å². The minimum Gasteiger partial charge on any atom is -0.497 e. The Hall–Kier alpha value is -2.80. The van der Waals surface area contributed by atoms with Gasteiger partial charge in [0.25, 0.3) is 5.91 Å². The van der Waals surface area contributed by atoms with E-state index in [-0.39, 0.29) is 17.9 Å². The summed E-state index contributed by atoms with van der Waals surface area (Å²) in [6.07, 6.45) is 4.45. The molecule has 2 amide bonds. The molecule has 32 heavy (non-hydrogen) atoms. The normalized spacial score (nSPS) is 25.6. The third-order valence-corrected chi connectivity index (χ3v) is 7.99. The van der Waals surface area contributed by atoms with Gasteiger partial charge in [0.15, 0.2) is 0 Å². The number of anilines is 1. The summed E-state index contributed by atoms with van der Waals surface area (Å²) >= 11 is 1.61. The highest BCUT2D eigenvalue weighted by Gasteiger charge is 2.49. The van der Waals surface area contributed by atoms with Crippen LogP contribution in [0.5, 0.6) is 5.75 Å². The summed E-state index contributed by atoms with van der Waals surface area (Å²) in [4.78, 5) is 29.4. The van der Waals surface area contributed by atoms with Crippen molar-refractivity contribution in [3.05, 3.63) is 47.5 Å². The molecule has 1 aliphatic carbocycles. The van der Waals surface area contributed by atoms with Crippen LogP contribution >= 0.6 is 11.3 Å². The zero-order valence-corrected chi connectivity index (χ0v) is 19.6. The van der Waals surface area contributed by atoms with Gasteiger partial charge in [0.05, 0.1) is 23.9 Å². The number of amides is 2. The van der Waals surface area contributed by atoms with E-state index in [0.29, 0.717) is 29.6 Å². The number of carbonyl (C=O) groups is 2. The maximum Gasteiger partial charge on any atom is 0.275 e. The summed E-state index contributed by atoms with van der Waals surface area (Å²) in [5.74, 6) is 0.824. The lowest BCUT2D eigenvalue weighted by Crippen LogP contribution is -2.65. The molecule has 2 aromatic heterocycles. The summed E-state index contributed by atoms with van der Waals surface area (Å²) in [5, 5.41) is 5.34. The van der Waals surface area contributed by atoms with Crippen molar-refractivity contribution < 1.29 is 14.3 Å². The first kappa shape index (κ1) is 21.1. The van der Waals surface area contributed by atoms with Gasteiger partial charge in [-0.1, -0.05) is 25.8 Å². The highest BCUT2D eigenvalue weighted by molar-refractivity contribution is 7.17. The molecule has 0 radical (unpaired) electrons. The molecule has 0 spiro atoms. The fraction of sp³-hybridized carbons (Fsp3) is 0.440. The maximum absolute atomic E-state index is 13.9. The first-order chi connectivity index (χ1) is 15.4. The predicted octanol–water partition coefficient (Wildman–Crippen LogP) is 4.83. The molecule has 3 unspecified atom stereocenters. The number of ether oxygens (including phenoxy) is 1. The van der Waals surface area contributed by atoms with E-state index in [4.69, 9.17) is 4.74 Å². The summed E-state index contributed by atoms with van der Waals surface area (Å²) in [5.41, 5.74) is 1.22. The minimum absolute atomic E-state index is 0.102. The maximum atomic E-state index is 13.9. The van der Waals surface area contributed by atoms with Crippen LogP contribution in [0, 0.1) is 5.92 Å². The van der Waals surface area contributed by atoms with Crippen LogP contribution in [0.4, 0.5) is 5.69 Å². The number of benzene rings is 1. The van der Waals surface area contributed by atoms with Gasteiger partial charge in [0, 0.05) is 17.8 Å². The third-order valence-electron chi connectivity index (χ3n) is 7.13. The molecule has 1 N–H and O–H groups in total. The lowest BCUT2D eigenvalue weighted by molar-refractivity contribution is -0.127. The van der Waals surface area contributed by atoms with Gasteiger partial charge in [0.2, 0.25) is 5.91 Å². The number of thiophene rings is 1. The lowest BCUT2D eigenvalue weighted by Gasteiger charge is -2.45. The Morgan fingerprint density at radius 3 is 2.81 bits per heavy atom. The van der Waals surface area contributed by atoms with Crippen molar-refractivity contribution in [3.63, 3.8) is 0 Å². The molecular formula is C25H29N3O3S. The van der Waals surface area contributed by atoms with Gasteiger partial charge >= 0.3 is 0 Å². The Morgan fingerprint density at radius 1 is 1.22 bits per heavy atom. The van der Waals surface area contributed by atoms with Crippen LogP contribution < -0.4 is 15.0 Å². The van der Waals surface area contributed by atoms with Crippen molar-refractivity contribution in [1.82, 2.24) is 9.88 Å². The summed E-state index contributed by atoms with van der Waals surface area (Å²) in [6.45, 7) is 4.49. The summed E-state index contributed by atoms with van der Waals surface area (Å²) < 4.78 is 8.48. The van der Waals surface area contributed by atoms with Gasteiger partial charge in [-0.05, 0) is 55.3 Å². The van der Waals surface area contributed by atoms with Crippen molar-refractivity contribution in [3.8, 4) is 5.75 Å². The second-order valence-electron chi connectivity index (χ2n) is 9.24. The first-order valence-corrected chi connectivity index (χ1v) is 12.2. The van der Waals surface area contributed by atoms with Crippen molar-refractivity contribution in [2.24, 2.45) is 5.92 Å². The first-order valence-electron chi connectivity index (χ1n) is 11.3. The standard InChI is InChI=1S/C25H29N3O3S/c1-16-7-4-5-10-19(16)26-24(30)25(2)15-27-20-11-12-32-22(20)14-21(27)23(29)28(25)17-8-6-9-18(13-17)31-3/h6,8-9,11-14,16,19H,4-5,7,10,15H2,1-3H3,(H,26,30). The van der Waals surface area contributed by atoms with E-state index in [0.717, 1.165) is 29.5 Å². The van der Waals surface area contributed by atoms with Gasteiger partial charge in [-0.15, -0.1) is 11.3 Å². The van der Waals surface area contributed by atoms with Crippen molar-refractivity contribution >= 4 is 39.1 Å². The second-order valence-corrected chi connectivity index (χ2v) is 10.2. The smallest absolute Gasteiger partial charge is 0.275 e. The van der Waals surface area contributed by atoms with Crippen molar-refractivity contribution in [2.75, 3.05) is 12.0 Å². The van der Waals surface area contributed by atoms with Gasteiger partial charge in [-0.25, -0.2) is 0 Å². The van der Waals surface area contributed by atoms with Crippen LogP contribution in [0.15, 0.2) is 41.8 Å². The Bertz CT molecular complexity index is 1180. The van der Waals surface area contributed by atoms with Crippen molar-refractivity contribution in [2.45, 2.75) is 57.7 Å². The van der Waals surface area contributed by atoms with Crippen LogP contribution in [-0.2, 0) is 11.3 Å². The molecule has 6 nitrogen and oxygen atoms in total. The van der Waals surface area contributed by atoms with E-state index >= 15 is 0 Å². The molecule has 168 valence electrons. The molecule has 3 atom stereocenters. The van der Waals surface area contributed by atoms with Crippen LogP contribution in [0.1, 0.15) is 50.0 Å². The minimum atomic E-state index is -1.07. The summed E-state index contributed by atoms with van der Waals surface area (Å²) in [7, 11) is 1.60. The van der Waals surface area contributed by atoms with Crippen LogP contribution in [-0.4, -0.2) is 35.1 Å².